The molecule has 3 aliphatic heterocycles. The van der Waals surface area contributed by atoms with Crippen LogP contribution in [0.2, 0.25) is 0 Å². The van der Waals surface area contributed by atoms with Gasteiger partial charge < -0.3 is 49.6 Å². The van der Waals surface area contributed by atoms with E-state index in [-0.39, 0.29) is 5.90 Å². The van der Waals surface area contributed by atoms with E-state index in [1.165, 1.54) is 6.08 Å². The van der Waals surface area contributed by atoms with Gasteiger partial charge in [0, 0.05) is 0 Å². The molecule has 0 aliphatic carbocycles. The average Bonchev–Trinajstić information content (AvgIpc) is 3.06. The molecular weight excluding hydrogens is 370 g/mol. The standard InChI is InChI=1S/C15H21NO11/c1-2-5-16-6-11(7(18)4(3-17)24-14(6)25-5)26-15-10(21)8(19)9(20)12(27-15)13(22)23/h2,4,6-12,14-15,17-21H,1,3H2,(H,22,23)/t4-,6-,7+,8+,9+,10-,11-,12+,14-,15-/m1/s1. The Morgan fingerprint density at radius 1 is 1.15 bits per heavy atom. The van der Waals surface area contributed by atoms with Crippen molar-refractivity contribution in [3.8, 4) is 0 Å². The lowest BCUT2D eigenvalue weighted by molar-refractivity contribution is -0.331. The monoisotopic (exact) mass is 391 g/mol. The number of carboxylic acids is 1. The molecule has 3 heterocycles. The fraction of sp³-hybridized carbons (Fsp3) is 0.733. The number of hydrogen-bond donors (Lipinski definition) is 6. The van der Waals surface area contributed by atoms with Gasteiger partial charge in [-0.05, 0) is 6.08 Å². The molecule has 152 valence electrons. The molecule has 27 heavy (non-hydrogen) atoms. The third-order valence-electron chi connectivity index (χ3n) is 4.61. The zero-order valence-corrected chi connectivity index (χ0v) is 13.9. The largest absolute Gasteiger partial charge is 0.479 e. The van der Waals surface area contributed by atoms with Gasteiger partial charge in [0.25, 0.3) is 0 Å². The summed E-state index contributed by atoms with van der Waals surface area (Å²) in [5.74, 6) is -1.47. The van der Waals surface area contributed by atoms with Crippen LogP contribution in [0.5, 0.6) is 0 Å². The Balaban J connectivity index is 1.83. The van der Waals surface area contributed by atoms with Crippen LogP contribution in [0.1, 0.15) is 0 Å². The summed E-state index contributed by atoms with van der Waals surface area (Å²) < 4.78 is 21.3. The van der Waals surface area contributed by atoms with Crippen LogP contribution in [0.3, 0.4) is 0 Å². The molecule has 0 amide bonds. The second kappa shape index (κ2) is 7.77. The number of aliphatic imine (C=N–C) groups is 1. The quantitative estimate of drug-likeness (QED) is 0.271. The molecule has 12 heteroatoms. The van der Waals surface area contributed by atoms with Gasteiger partial charge in [0.15, 0.2) is 12.4 Å². The van der Waals surface area contributed by atoms with Gasteiger partial charge in [0.05, 0.1) is 6.61 Å². The third-order valence-corrected chi connectivity index (χ3v) is 4.61. The Morgan fingerprint density at radius 3 is 2.44 bits per heavy atom. The average molecular weight is 391 g/mol. The molecule has 0 bridgehead atoms. The van der Waals surface area contributed by atoms with Crippen LogP contribution in [-0.4, -0.2) is 110 Å². The summed E-state index contributed by atoms with van der Waals surface area (Å²) in [6.45, 7) is 2.93. The van der Waals surface area contributed by atoms with Crippen molar-refractivity contribution >= 4 is 11.9 Å². The summed E-state index contributed by atoms with van der Waals surface area (Å²) in [5, 5.41) is 58.6. The van der Waals surface area contributed by atoms with E-state index in [1.807, 2.05) is 0 Å². The first-order valence-electron chi connectivity index (χ1n) is 8.17. The van der Waals surface area contributed by atoms with Crippen molar-refractivity contribution in [2.24, 2.45) is 4.99 Å². The Morgan fingerprint density at radius 2 is 1.85 bits per heavy atom. The van der Waals surface area contributed by atoms with Gasteiger partial charge >= 0.3 is 5.97 Å². The molecule has 0 saturated carbocycles. The van der Waals surface area contributed by atoms with Gasteiger partial charge in [-0.15, -0.1) is 0 Å². The summed E-state index contributed by atoms with van der Waals surface area (Å²) in [6, 6.07) is -0.932. The van der Waals surface area contributed by atoms with Crippen LogP contribution in [0, 0.1) is 0 Å². The van der Waals surface area contributed by atoms with E-state index >= 15 is 0 Å². The van der Waals surface area contributed by atoms with Gasteiger partial charge in [-0.3, -0.25) is 0 Å². The molecule has 2 fully saturated rings. The molecule has 0 radical (unpaired) electrons. The lowest BCUT2D eigenvalue weighted by atomic mass is 9.96. The first-order valence-corrected chi connectivity index (χ1v) is 8.17. The van der Waals surface area contributed by atoms with E-state index < -0.39 is 73.9 Å². The van der Waals surface area contributed by atoms with Crippen molar-refractivity contribution < 1.29 is 54.4 Å². The van der Waals surface area contributed by atoms with Crippen molar-refractivity contribution in [3.05, 3.63) is 12.7 Å². The van der Waals surface area contributed by atoms with Crippen LogP contribution in [0.15, 0.2) is 17.6 Å². The Bertz CT molecular complexity index is 613. The molecule has 6 N–H and O–H groups in total. The molecule has 0 aromatic rings. The van der Waals surface area contributed by atoms with Crippen molar-refractivity contribution in [1.82, 2.24) is 0 Å². The molecule has 3 aliphatic rings. The van der Waals surface area contributed by atoms with Gasteiger partial charge in [-0.2, -0.15) is 0 Å². The third kappa shape index (κ3) is 3.58. The van der Waals surface area contributed by atoms with E-state index in [4.69, 9.17) is 24.1 Å². The highest BCUT2D eigenvalue weighted by molar-refractivity contribution is 5.88. The Labute approximate surface area is 152 Å². The number of nitrogens with zero attached hydrogens (tertiary/aromatic N) is 1. The minimum absolute atomic E-state index is 0.105. The zero-order valence-electron chi connectivity index (χ0n) is 13.9. The smallest absolute Gasteiger partial charge is 0.335 e. The topological polar surface area (TPSA) is 188 Å². The molecule has 0 unspecified atom stereocenters. The van der Waals surface area contributed by atoms with E-state index in [1.54, 1.807) is 0 Å². The number of carbonyl (C=O) groups is 1. The van der Waals surface area contributed by atoms with Crippen LogP contribution in [0.4, 0.5) is 0 Å². The second-order valence-corrected chi connectivity index (χ2v) is 6.33. The molecule has 10 atom stereocenters. The van der Waals surface area contributed by atoms with Gasteiger partial charge in [0.2, 0.25) is 12.2 Å². The van der Waals surface area contributed by atoms with Crippen LogP contribution in [0.25, 0.3) is 0 Å². The predicted molar refractivity (Wildman–Crippen MR) is 83.4 cm³/mol. The van der Waals surface area contributed by atoms with Gasteiger partial charge in [0.1, 0.15) is 42.7 Å². The van der Waals surface area contributed by atoms with Crippen molar-refractivity contribution in [2.75, 3.05) is 6.61 Å². The molecule has 0 aromatic carbocycles. The van der Waals surface area contributed by atoms with Gasteiger partial charge in [-0.25, -0.2) is 9.79 Å². The summed E-state index contributed by atoms with van der Waals surface area (Å²) in [4.78, 5) is 15.3. The highest BCUT2D eigenvalue weighted by Gasteiger charge is 2.54. The van der Waals surface area contributed by atoms with Crippen LogP contribution >= 0.6 is 0 Å². The van der Waals surface area contributed by atoms with E-state index in [0.717, 1.165) is 0 Å². The Hall–Kier alpha value is -1.64. The first kappa shape index (κ1) is 20.1. The number of aliphatic hydroxyl groups excluding tert-OH is 5. The second-order valence-electron chi connectivity index (χ2n) is 6.33. The highest BCUT2D eigenvalue weighted by Crippen LogP contribution is 2.33. The summed E-state index contributed by atoms with van der Waals surface area (Å²) in [5.41, 5.74) is 0. The number of aliphatic carboxylic acids is 1. The minimum Gasteiger partial charge on any atom is -0.479 e. The fourth-order valence-electron chi connectivity index (χ4n) is 3.16. The van der Waals surface area contributed by atoms with Crippen LogP contribution < -0.4 is 0 Å². The van der Waals surface area contributed by atoms with E-state index in [0.29, 0.717) is 0 Å². The van der Waals surface area contributed by atoms with Crippen LogP contribution in [-0.2, 0) is 23.7 Å². The van der Waals surface area contributed by atoms with Crippen molar-refractivity contribution in [3.63, 3.8) is 0 Å². The molecule has 12 nitrogen and oxygen atoms in total. The van der Waals surface area contributed by atoms with E-state index in [9.17, 15) is 30.3 Å². The number of carboxylic acid groups (broad SMARTS) is 1. The number of fused-ring (bicyclic) bond motifs is 1. The predicted octanol–water partition coefficient (Wildman–Crippen LogP) is -3.67. The summed E-state index contributed by atoms with van der Waals surface area (Å²) >= 11 is 0. The van der Waals surface area contributed by atoms with E-state index in [2.05, 4.69) is 11.6 Å². The lowest BCUT2D eigenvalue weighted by Crippen LogP contribution is -2.64. The zero-order chi connectivity index (χ0) is 19.9. The number of aliphatic hydroxyl groups is 5. The Kier molecular flexibility index (Phi) is 5.79. The fourth-order valence-corrected chi connectivity index (χ4v) is 3.16. The maximum atomic E-state index is 11.2. The highest BCUT2D eigenvalue weighted by atomic mass is 16.7. The molecule has 0 aromatic heterocycles. The molecule has 3 rings (SSSR count). The summed E-state index contributed by atoms with van der Waals surface area (Å²) in [6.07, 6.45) is -12.6. The maximum absolute atomic E-state index is 11.2. The molecular formula is C15H21NO11. The number of rotatable bonds is 5. The minimum atomic E-state index is -1.88. The van der Waals surface area contributed by atoms with Crippen molar-refractivity contribution in [1.29, 1.82) is 0 Å². The first-order chi connectivity index (χ1) is 12.8. The van der Waals surface area contributed by atoms with Crippen molar-refractivity contribution in [2.45, 2.75) is 61.3 Å². The number of hydrogen-bond acceptors (Lipinski definition) is 11. The number of ether oxygens (including phenoxy) is 4. The SMILES string of the molecule is C=CC1=N[C@H]2[C@@H](O1)O[C@H](CO)[C@H](O)[C@@H]2O[C@@H]1O[C@H](C(=O)O)[C@@H](O)[C@H](O)[C@H]1O. The lowest BCUT2D eigenvalue weighted by Gasteiger charge is -2.44. The maximum Gasteiger partial charge on any atom is 0.335 e. The normalized spacial score (nSPS) is 46.9. The van der Waals surface area contributed by atoms with Gasteiger partial charge in [-0.1, -0.05) is 6.58 Å². The molecule has 2 saturated heterocycles. The summed E-state index contributed by atoms with van der Waals surface area (Å²) in [7, 11) is 0. The molecule has 0 spiro atoms.